The van der Waals surface area contributed by atoms with Crippen LogP contribution in [0, 0.1) is 0 Å². The zero-order valence-electron chi connectivity index (χ0n) is 6.84. The van der Waals surface area contributed by atoms with E-state index >= 15 is 0 Å². The van der Waals surface area contributed by atoms with E-state index in [9.17, 15) is 0 Å². The molecule has 0 amide bonds. The molecule has 1 heteroatoms. The van der Waals surface area contributed by atoms with Crippen molar-refractivity contribution >= 4 is 0 Å². The van der Waals surface area contributed by atoms with E-state index in [0.717, 1.165) is 12.1 Å². The molecule has 2 heterocycles. The fourth-order valence-corrected chi connectivity index (χ4v) is 2.51. The Labute approximate surface area is 63.4 Å². The van der Waals surface area contributed by atoms with Crippen LogP contribution in [-0.2, 0) is 0 Å². The van der Waals surface area contributed by atoms with Gasteiger partial charge < -0.3 is 0 Å². The fraction of sp³-hybridized carbons (Fsp3) is 1.00. The fourth-order valence-electron chi connectivity index (χ4n) is 2.51. The van der Waals surface area contributed by atoms with Crippen molar-refractivity contribution in [3.63, 3.8) is 0 Å². The maximum Gasteiger partial charge on any atom is 0.00986 e. The summed E-state index contributed by atoms with van der Waals surface area (Å²) in [6.07, 6.45) is 7.32. The van der Waals surface area contributed by atoms with Crippen molar-refractivity contribution < 1.29 is 0 Å². The molecule has 0 spiro atoms. The van der Waals surface area contributed by atoms with Crippen molar-refractivity contribution in [2.75, 3.05) is 6.54 Å². The molecule has 2 aliphatic rings. The van der Waals surface area contributed by atoms with Crippen LogP contribution in [0.5, 0.6) is 0 Å². The number of rotatable bonds is 0. The molecule has 1 unspecified atom stereocenters. The highest BCUT2D eigenvalue weighted by Gasteiger charge is 2.31. The summed E-state index contributed by atoms with van der Waals surface area (Å²) in [5.41, 5.74) is 0. The minimum absolute atomic E-state index is 0.894. The first kappa shape index (κ1) is 6.66. The molecule has 0 aromatic carbocycles. The SMILES string of the molecule is C[C@H]1CCC2CCCCN21. The molecule has 2 aliphatic heterocycles. The third-order valence-corrected chi connectivity index (χ3v) is 3.16. The number of fused-ring (bicyclic) bond motifs is 1. The van der Waals surface area contributed by atoms with Gasteiger partial charge in [-0.1, -0.05) is 6.42 Å². The van der Waals surface area contributed by atoms with Crippen LogP contribution >= 0.6 is 0 Å². The lowest BCUT2D eigenvalue weighted by molar-refractivity contribution is 0.158. The van der Waals surface area contributed by atoms with E-state index in [0.29, 0.717) is 0 Å². The zero-order chi connectivity index (χ0) is 6.97. The Morgan fingerprint density at radius 3 is 2.80 bits per heavy atom. The molecule has 0 bridgehead atoms. The average molecular weight is 139 g/mol. The molecule has 2 atom stereocenters. The van der Waals surface area contributed by atoms with Crippen molar-refractivity contribution in [3.8, 4) is 0 Å². The van der Waals surface area contributed by atoms with Gasteiger partial charge in [-0.15, -0.1) is 0 Å². The first-order chi connectivity index (χ1) is 4.88. The average Bonchev–Trinajstić information content (AvgIpc) is 2.34. The van der Waals surface area contributed by atoms with Gasteiger partial charge in [0.05, 0.1) is 0 Å². The summed E-state index contributed by atoms with van der Waals surface area (Å²) in [5, 5.41) is 0. The molecule has 2 rings (SSSR count). The Morgan fingerprint density at radius 1 is 1.10 bits per heavy atom. The summed E-state index contributed by atoms with van der Waals surface area (Å²) in [6, 6.07) is 1.87. The van der Waals surface area contributed by atoms with E-state index in [2.05, 4.69) is 11.8 Å². The van der Waals surface area contributed by atoms with E-state index in [1.165, 1.54) is 38.6 Å². The van der Waals surface area contributed by atoms with Gasteiger partial charge in [-0.2, -0.15) is 0 Å². The van der Waals surface area contributed by atoms with Crippen molar-refractivity contribution in [1.29, 1.82) is 0 Å². The molecule has 0 aliphatic carbocycles. The molecule has 2 fully saturated rings. The molecular weight excluding hydrogens is 122 g/mol. The van der Waals surface area contributed by atoms with Gasteiger partial charge in [0.15, 0.2) is 0 Å². The third-order valence-electron chi connectivity index (χ3n) is 3.16. The monoisotopic (exact) mass is 139 g/mol. The second-order valence-electron chi connectivity index (χ2n) is 3.81. The second-order valence-corrected chi connectivity index (χ2v) is 3.81. The molecular formula is C9H17N. The topological polar surface area (TPSA) is 3.24 Å². The van der Waals surface area contributed by atoms with Gasteiger partial charge in [0.25, 0.3) is 0 Å². The highest BCUT2D eigenvalue weighted by Crippen LogP contribution is 2.30. The van der Waals surface area contributed by atoms with Gasteiger partial charge in [0.1, 0.15) is 0 Å². The first-order valence-electron chi connectivity index (χ1n) is 4.63. The Hall–Kier alpha value is -0.0400. The van der Waals surface area contributed by atoms with Crippen molar-refractivity contribution in [2.24, 2.45) is 0 Å². The quantitative estimate of drug-likeness (QED) is 0.496. The van der Waals surface area contributed by atoms with Gasteiger partial charge in [0.2, 0.25) is 0 Å². The predicted molar refractivity (Wildman–Crippen MR) is 43.0 cm³/mol. The summed E-state index contributed by atoms with van der Waals surface area (Å²) in [7, 11) is 0. The van der Waals surface area contributed by atoms with Crippen LogP contribution in [0.15, 0.2) is 0 Å². The lowest BCUT2D eigenvalue weighted by atomic mass is 10.0. The third kappa shape index (κ3) is 0.968. The van der Waals surface area contributed by atoms with E-state index in [1.54, 1.807) is 0 Å². The summed E-state index contributed by atoms with van der Waals surface area (Å²) in [5.74, 6) is 0. The lowest BCUT2D eigenvalue weighted by Gasteiger charge is -2.32. The van der Waals surface area contributed by atoms with Crippen LogP contribution in [0.25, 0.3) is 0 Å². The van der Waals surface area contributed by atoms with Gasteiger partial charge in [-0.25, -0.2) is 0 Å². The first-order valence-corrected chi connectivity index (χ1v) is 4.63. The van der Waals surface area contributed by atoms with Crippen molar-refractivity contribution in [2.45, 2.75) is 51.1 Å². The van der Waals surface area contributed by atoms with E-state index in [4.69, 9.17) is 0 Å². The van der Waals surface area contributed by atoms with Gasteiger partial charge in [-0.3, -0.25) is 4.90 Å². The van der Waals surface area contributed by atoms with Crippen LogP contribution in [0.3, 0.4) is 0 Å². The minimum atomic E-state index is 0.894. The molecule has 10 heavy (non-hydrogen) atoms. The number of nitrogens with zero attached hydrogens (tertiary/aromatic N) is 1. The normalized spacial score (nSPS) is 41.7. The molecule has 0 radical (unpaired) electrons. The molecule has 0 aromatic rings. The van der Waals surface area contributed by atoms with Gasteiger partial charge in [0, 0.05) is 12.1 Å². The Kier molecular flexibility index (Phi) is 1.69. The summed E-state index contributed by atoms with van der Waals surface area (Å²) < 4.78 is 0. The highest BCUT2D eigenvalue weighted by molar-refractivity contribution is 4.87. The Bertz CT molecular complexity index is 120. The van der Waals surface area contributed by atoms with Crippen LogP contribution in [0.1, 0.15) is 39.0 Å². The largest absolute Gasteiger partial charge is 0.298 e. The van der Waals surface area contributed by atoms with Crippen molar-refractivity contribution in [3.05, 3.63) is 0 Å². The van der Waals surface area contributed by atoms with Gasteiger partial charge >= 0.3 is 0 Å². The molecule has 0 aromatic heterocycles. The molecule has 0 saturated carbocycles. The molecule has 58 valence electrons. The predicted octanol–water partition coefficient (Wildman–Crippen LogP) is 2.02. The van der Waals surface area contributed by atoms with Gasteiger partial charge in [-0.05, 0) is 39.2 Å². The number of hydrogen-bond donors (Lipinski definition) is 0. The summed E-state index contributed by atoms with van der Waals surface area (Å²) >= 11 is 0. The number of piperidine rings is 1. The van der Waals surface area contributed by atoms with Crippen LogP contribution < -0.4 is 0 Å². The lowest BCUT2D eigenvalue weighted by Crippen LogP contribution is -2.38. The minimum Gasteiger partial charge on any atom is -0.298 e. The number of hydrogen-bond acceptors (Lipinski definition) is 1. The summed E-state index contributed by atoms with van der Waals surface area (Å²) in [4.78, 5) is 2.71. The smallest absolute Gasteiger partial charge is 0.00986 e. The zero-order valence-corrected chi connectivity index (χ0v) is 6.84. The van der Waals surface area contributed by atoms with Crippen LogP contribution in [0.4, 0.5) is 0 Å². The van der Waals surface area contributed by atoms with E-state index in [1.807, 2.05) is 0 Å². The summed E-state index contributed by atoms with van der Waals surface area (Å²) in [6.45, 7) is 3.76. The molecule has 0 N–H and O–H groups in total. The van der Waals surface area contributed by atoms with E-state index < -0.39 is 0 Å². The molecule has 1 nitrogen and oxygen atoms in total. The van der Waals surface area contributed by atoms with Crippen molar-refractivity contribution in [1.82, 2.24) is 4.90 Å². The maximum atomic E-state index is 2.71. The Balaban J connectivity index is 2.01. The standard InChI is InChI=1S/C9H17N/c1-8-5-6-9-4-2-3-7-10(8)9/h8-9H,2-7H2,1H3/t8-,9?/m0/s1. The Morgan fingerprint density at radius 2 is 2.00 bits per heavy atom. The second kappa shape index (κ2) is 2.54. The highest BCUT2D eigenvalue weighted by atomic mass is 15.2. The molecule has 2 saturated heterocycles. The van der Waals surface area contributed by atoms with Crippen LogP contribution in [-0.4, -0.2) is 23.5 Å². The van der Waals surface area contributed by atoms with Crippen LogP contribution in [0.2, 0.25) is 0 Å². The maximum absolute atomic E-state index is 2.71. The van der Waals surface area contributed by atoms with E-state index in [-0.39, 0.29) is 0 Å².